The quantitative estimate of drug-likeness (QED) is 0.652. The van der Waals surface area contributed by atoms with Crippen molar-refractivity contribution in [2.75, 3.05) is 31.1 Å². The Balaban J connectivity index is 1.42. The van der Waals surface area contributed by atoms with Gasteiger partial charge in [0.05, 0.1) is 5.39 Å². The fourth-order valence-corrected chi connectivity index (χ4v) is 4.52. The molecule has 9 heteroatoms. The zero-order valence-corrected chi connectivity index (χ0v) is 17.4. The summed E-state index contributed by atoms with van der Waals surface area (Å²) < 4.78 is 0. The summed E-state index contributed by atoms with van der Waals surface area (Å²) in [6.07, 6.45) is 2.55. The third-order valence-corrected chi connectivity index (χ3v) is 6.41. The number of aryl methyl sites for hydroxylation is 1. The second-order valence-electron chi connectivity index (χ2n) is 7.09. The maximum absolute atomic E-state index is 12.7. The van der Waals surface area contributed by atoms with E-state index in [1.165, 1.54) is 4.88 Å². The van der Waals surface area contributed by atoms with Crippen LogP contribution in [0.1, 0.15) is 23.4 Å². The summed E-state index contributed by atoms with van der Waals surface area (Å²) in [7, 11) is 0. The number of carbonyl (C=O) groups excluding carboxylic acids is 1. The zero-order valence-electron chi connectivity index (χ0n) is 16.6. The van der Waals surface area contributed by atoms with Crippen LogP contribution in [0.2, 0.25) is 0 Å². The fraction of sp³-hybridized carbons (Fsp3) is 0.333. The number of rotatable bonds is 5. The van der Waals surface area contributed by atoms with Crippen molar-refractivity contribution >= 4 is 39.4 Å². The molecule has 0 spiro atoms. The van der Waals surface area contributed by atoms with Crippen molar-refractivity contribution in [1.82, 2.24) is 20.2 Å². The summed E-state index contributed by atoms with van der Waals surface area (Å²) in [6.45, 7) is 4.35. The molecule has 156 valence electrons. The molecular formula is C21H23N5O3S. The van der Waals surface area contributed by atoms with Crippen LogP contribution < -0.4 is 10.2 Å². The van der Waals surface area contributed by atoms with Gasteiger partial charge in [-0.1, -0.05) is 37.3 Å². The molecule has 1 aliphatic rings. The molecule has 1 saturated heterocycles. The number of benzene rings is 1. The first-order valence-electron chi connectivity index (χ1n) is 9.88. The highest BCUT2D eigenvalue weighted by Crippen LogP contribution is 2.31. The van der Waals surface area contributed by atoms with E-state index < -0.39 is 12.0 Å². The second-order valence-corrected chi connectivity index (χ2v) is 8.20. The van der Waals surface area contributed by atoms with Gasteiger partial charge in [0.2, 0.25) is 0 Å². The number of piperazine rings is 1. The van der Waals surface area contributed by atoms with Crippen molar-refractivity contribution in [3.05, 3.63) is 53.2 Å². The van der Waals surface area contributed by atoms with Crippen molar-refractivity contribution in [2.45, 2.75) is 19.4 Å². The van der Waals surface area contributed by atoms with Crippen LogP contribution in [-0.2, 0) is 11.2 Å². The lowest BCUT2D eigenvalue weighted by Crippen LogP contribution is -2.53. The molecule has 0 aliphatic carbocycles. The monoisotopic (exact) mass is 425 g/mol. The molecule has 1 aliphatic heterocycles. The molecule has 2 aromatic heterocycles. The van der Waals surface area contributed by atoms with Gasteiger partial charge < -0.3 is 20.2 Å². The molecule has 30 heavy (non-hydrogen) atoms. The average molecular weight is 426 g/mol. The van der Waals surface area contributed by atoms with Crippen LogP contribution in [0.25, 0.3) is 10.2 Å². The van der Waals surface area contributed by atoms with E-state index in [0.717, 1.165) is 22.5 Å². The standard InChI is InChI=1S/C21H23N5O3S/c1-2-15-12-16-18(22-13-23-19(16)30-15)25-8-10-26(11-9-25)21(29)24-17(20(27)28)14-6-4-3-5-7-14/h3-7,12-13,17H,2,8-11H2,1H3,(H,24,29)(H,27,28)/t17-/m0/s1. The SMILES string of the molecule is CCc1cc2c(N3CCN(C(=O)N[C@H](C(=O)O)c4ccccc4)CC3)ncnc2s1. The molecule has 1 fully saturated rings. The van der Waals surface area contributed by atoms with E-state index >= 15 is 0 Å². The molecule has 1 aromatic carbocycles. The van der Waals surface area contributed by atoms with Crippen LogP contribution in [0.3, 0.4) is 0 Å². The third-order valence-electron chi connectivity index (χ3n) is 5.22. The van der Waals surface area contributed by atoms with Gasteiger partial charge in [-0.25, -0.2) is 19.6 Å². The number of carboxylic acids is 1. The van der Waals surface area contributed by atoms with E-state index in [1.54, 1.807) is 46.8 Å². The van der Waals surface area contributed by atoms with Crippen molar-refractivity contribution < 1.29 is 14.7 Å². The van der Waals surface area contributed by atoms with Gasteiger partial charge in [-0.2, -0.15) is 0 Å². The molecule has 1 atom stereocenters. The van der Waals surface area contributed by atoms with E-state index in [4.69, 9.17) is 0 Å². The number of nitrogens with zero attached hydrogens (tertiary/aromatic N) is 4. The summed E-state index contributed by atoms with van der Waals surface area (Å²) in [5.41, 5.74) is 0.546. The van der Waals surface area contributed by atoms with Gasteiger partial charge in [-0.15, -0.1) is 11.3 Å². The number of carboxylic acid groups (broad SMARTS) is 1. The number of aliphatic carboxylic acids is 1. The van der Waals surface area contributed by atoms with E-state index in [1.807, 2.05) is 6.07 Å². The van der Waals surface area contributed by atoms with Gasteiger partial charge in [-0.3, -0.25) is 0 Å². The highest BCUT2D eigenvalue weighted by molar-refractivity contribution is 7.18. The van der Waals surface area contributed by atoms with Crippen LogP contribution in [0.4, 0.5) is 10.6 Å². The predicted molar refractivity (Wildman–Crippen MR) is 116 cm³/mol. The second kappa shape index (κ2) is 8.66. The summed E-state index contributed by atoms with van der Waals surface area (Å²) in [5, 5.41) is 13.2. The van der Waals surface area contributed by atoms with Crippen LogP contribution in [0.5, 0.6) is 0 Å². The Morgan fingerprint density at radius 2 is 1.90 bits per heavy atom. The van der Waals surface area contributed by atoms with Gasteiger partial charge in [-0.05, 0) is 18.1 Å². The predicted octanol–water partition coefficient (Wildman–Crippen LogP) is 2.91. The maximum Gasteiger partial charge on any atom is 0.330 e. The molecule has 2 amide bonds. The highest BCUT2D eigenvalue weighted by Gasteiger charge is 2.28. The lowest BCUT2D eigenvalue weighted by atomic mass is 10.1. The molecule has 8 nitrogen and oxygen atoms in total. The van der Waals surface area contributed by atoms with Gasteiger partial charge in [0, 0.05) is 31.1 Å². The van der Waals surface area contributed by atoms with Crippen molar-refractivity contribution in [3.8, 4) is 0 Å². The minimum atomic E-state index is -1.08. The van der Waals surface area contributed by atoms with E-state index in [2.05, 4.69) is 33.2 Å². The number of urea groups is 1. The number of carbonyl (C=O) groups is 2. The molecule has 0 unspecified atom stereocenters. The van der Waals surface area contributed by atoms with E-state index in [9.17, 15) is 14.7 Å². The number of amides is 2. The summed E-state index contributed by atoms with van der Waals surface area (Å²) in [6, 6.07) is 9.42. The smallest absolute Gasteiger partial charge is 0.330 e. The Bertz CT molecular complexity index is 1050. The minimum absolute atomic E-state index is 0.373. The number of hydrogen-bond acceptors (Lipinski definition) is 6. The van der Waals surface area contributed by atoms with Crippen LogP contribution >= 0.6 is 11.3 Å². The highest BCUT2D eigenvalue weighted by atomic mass is 32.1. The third kappa shape index (κ3) is 4.06. The van der Waals surface area contributed by atoms with Gasteiger partial charge in [0.25, 0.3) is 0 Å². The van der Waals surface area contributed by atoms with Crippen LogP contribution in [0, 0.1) is 0 Å². The minimum Gasteiger partial charge on any atom is -0.479 e. The molecule has 0 radical (unpaired) electrons. The largest absolute Gasteiger partial charge is 0.479 e. The first-order chi connectivity index (χ1) is 14.6. The number of hydrogen-bond donors (Lipinski definition) is 2. The zero-order chi connectivity index (χ0) is 21.1. The summed E-state index contributed by atoms with van der Waals surface area (Å²) in [4.78, 5) is 39.3. The Morgan fingerprint density at radius 3 is 2.57 bits per heavy atom. The Kier molecular flexibility index (Phi) is 5.80. The first-order valence-corrected chi connectivity index (χ1v) is 10.7. The topological polar surface area (TPSA) is 98.7 Å². The molecule has 0 bridgehead atoms. The number of thiophene rings is 1. The van der Waals surface area contributed by atoms with Crippen LogP contribution in [-0.4, -0.2) is 58.2 Å². The Morgan fingerprint density at radius 1 is 1.17 bits per heavy atom. The van der Waals surface area contributed by atoms with Gasteiger partial charge in [0.15, 0.2) is 6.04 Å². The average Bonchev–Trinajstić information content (AvgIpc) is 3.21. The Hall–Kier alpha value is -3.20. The lowest BCUT2D eigenvalue weighted by Gasteiger charge is -2.36. The number of nitrogens with one attached hydrogen (secondary N) is 1. The number of anilines is 1. The molecule has 2 N–H and O–H groups in total. The van der Waals surface area contributed by atoms with Crippen molar-refractivity contribution in [3.63, 3.8) is 0 Å². The molecule has 4 rings (SSSR count). The lowest BCUT2D eigenvalue weighted by molar-refractivity contribution is -0.139. The fourth-order valence-electron chi connectivity index (χ4n) is 3.59. The first kappa shape index (κ1) is 20.1. The number of aromatic nitrogens is 2. The van der Waals surface area contributed by atoms with E-state index in [0.29, 0.717) is 31.7 Å². The normalized spacial score (nSPS) is 15.2. The molecular weight excluding hydrogens is 402 g/mol. The van der Waals surface area contributed by atoms with Crippen molar-refractivity contribution in [2.24, 2.45) is 0 Å². The van der Waals surface area contributed by atoms with Crippen LogP contribution in [0.15, 0.2) is 42.7 Å². The maximum atomic E-state index is 12.7. The van der Waals surface area contributed by atoms with E-state index in [-0.39, 0.29) is 6.03 Å². The Labute approximate surface area is 178 Å². The summed E-state index contributed by atoms with van der Waals surface area (Å²) >= 11 is 1.68. The number of fused-ring (bicyclic) bond motifs is 1. The van der Waals surface area contributed by atoms with Gasteiger partial charge >= 0.3 is 12.0 Å². The van der Waals surface area contributed by atoms with Crippen molar-refractivity contribution in [1.29, 1.82) is 0 Å². The molecule has 3 heterocycles. The van der Waals surface area contributed by atoms with Gasteiger partial charge in [0.1, 0.15) is 17.0 Å². The summed E-state index contributed by atoms with van der Waals surface area (Å²) in [5.74, 6) is -0.190. The molecule has 3 aromatic rings. The molecule has 0 saturated carbocycles.